The summed E-state index contributed by atoms with van der Waals surface area (Å²) in [6, 6.07) is 4.33. The van der Waals surface area contributed by atoms with Crippen LogP contribution in [0.25, 0.3) is 0 Å². The van der Waals surface area contributed by atoms with Gasteiger partial charge < -0.3 is 5.32 Å². The third-order valence-corrected chi connectivity index (χ3v) is 3.83. The van der Waals surface area contributed by atoms with Crippen LogP contribution in [-0.2, 0) is 6.54 Å². The molecule has 19 heavy (non-hydrogen) atoms. The van der Waals surface area contributed by atoms with Crippen LogP contribution in [0, 0.1) is 12.8 Å². The Morgan fingerprint density at radius 1 is 1.42 bits per heavy atom. The molecule has 0 amide bonds. The molecule has 106 valence electrons. The Hall–Kier alpha value is -0.930. The van der Waals surface area contributed by atoms with E-state index in [1.807, 2.05) is 13.1 Å². The van der Waals surface area contributed by atoms with Gasteiger partial charge in [-0.2, -0.15) is 0 Å². The van der Waals surface area contributed by atoms with Crippen LogP contribution >= 0.6 is 0 Å². The fourth-order valence-corrected chi connectivity index (χ4v) is 2.85. The minimum absolute atomic E-state index is 0.818. The maximum absolute atomic E-state index is 4.40. The summed E-state index contributed by atoms with van der Waals surface area (Å²) in [6.45, 7) is 10.1. The lowest BCUT2D eigenvalue weighted by molar-refractivity contribution is 0.201. The number of piperidine rings is 1. The van der Waals surface area contributed by atoms with E-state index in [9.17, 15) is 0 Å². The number of nitrogens with one attached hydrogen (secondary N) is 1. The molecule has 1 unspecified atom stereocenters. The zero-order valence-corrected chi connectivity index (χ0v) is 12.4. The Morgan fingerprint density at radius 2 is 2.32 bits per heavy atom. The predicted molar refractivity (Wildman–Crippen MR) is 80.1 cm³/mol. The lowest BCUT2D eigenvalue weighted by Gasteiger charge is -2.30. The monoisotopic (exact) mass is 261 g/mol. The van der Waals surface area contributed by atoms with Crippen LogP contribution in [-0.4, -0.2) is 36.1 Å². The highest BCUT2D eigenvalue weighted by Crippen LogP contribution is 2.14. The van der Waals surface area contributed by atoms with E-state index >= 15 is 0 Å². The van der Waals surface area contributed by atoms with Gasteiger partial charge in [0.2, 0.25) is 0 Å². The number of hydrogen-bond acceptors (Lipinski definition) is 3. The van der Waals surface area contributed by atoms with Gasteiger partial charge in [-0.15, -0.1) is 0 Å². The van der Waals surface area contributed by atoms with Crippen molar-refractivity contribution in [1.29, 1.82) is 0 Å². The van der Waals surface area contributed by atoms with E-state index in [2.05, 4.69) is 34.3 Å². The zero-order chi connectivity index (χ0) is 13.5. The van der Waals surface area contributed by atoms with Crippen molar-refractivity contribution in [2.45, 2.75) is 39.7 Å². The summed E-state index contributed by atoms with van der Waals surface area (Å²) in [5, 5.41) is 3.51. The number of aromatic nitrogens is 1. The molecule has 0 bridgehead atoms. The molecule has 1 N–H and O–H groups in total. The molecule has 1 saturated heterocycles. The van der Waals surface area contributed by atoms with Crippen LogP contribution in [0.1, 0.15) is 37.4 Å². The van der Waals surface area contributed by atoms with Crippen LogP contribution in [0.3, 0.4) is 0 Å². The van der Waals surface area contributed by atoms with Gasteiger partial charge in [-0.05, 0) is 63.4 Å². The van der Waals surface area contributed by atoms with Gasteiger partial charge in [0.1, 0.15) is 0 Å². The molecule has 3 nitrogen and oxygen atoms in total. The van der Waals surface area contributed by atoms with E-state index in [1.54, 1.807) is 0 Å². The number of nitrogens with zero attached hydrogens (tertiary/aromatic N) is 2. The standard InChI is InChI=1S/C16H27N3/c1-3-9-19(12-15-5-4-8-17-10-15)13-16-7-6-14(2)18-11-16/h6-7,11,15,17H,3-5,8-10,12-13H2,1-2H3. The average Bonchev–Trinajstić information content (AvgIpc) is 2.43. The summed E-state index contributed by atoms with van der Waals surface area (Å²) in [5.74, 6) is 0.818. The van der Waals surface area contributed by atoms with Crippen molar-refractivity contribution >= 4 is 0 Å². The molecule has 1 fully saturated rings. The first kappa shape index (κ1) is 14.5. The Morgan fingerprint density at radius 3 is 2.95 bits per heavy atom. The van der Waals surface area contributed by atoms with Crippen molar-refractivity contribution in [3.63, 3.8) is 0 Å². The minimum atomic E-state index is 0.818. The van der Waals surface area contributed by atoms with Crippen molar-refractivity contribution in [3.8, 4) is 0 Å². The van der Waals surface area contributed by atoms with Crippen LogP contribution in [0.5, 0.6) is 0 Å². The third kappa shape index (κ3) is 4.92. The molecule has 1 aliphatic rings. The maximum atomic E-state index is 4.40. The molecule has 0 saturated carbocycles. The van der Waals surface area contributed by atoms with Gasteiger partial charge in [0.15, 0.2) is 0 Å². The molecule has 0 aromatic carbocycles. The Balaban J connectivity index is 1.89. The highest BCUT2D eigenvalue weighted by Gasteiger charge is 2.16. The zero-order valence-electron chi connectivity index (χ0n) is 12.4. The van der Waals surface area contributed by atoms with E-state index in [-0.39, 0.29) is 0 Å². The number of pyridine rings is 1. The van der Waals surface area contributed by atoms with E-state index in [0.29, 0.717) is 0 Å². The fourth-order valence-electron chi connectivity index (χ4n) is 2.85. The van der Waals surface area contributed by atoms with Crippen LogP contribution in [0.15, 0.2) is 18.3 Å². The van der Waals surface area contributed by atoms with Crippen molar-refractivity contribution in [2.24, 2.45) is 5.92 Å². The van der Waals surface area contributed by atoms with Crippen molar-refractivity contribution < 1.29 is 0 Å². The third-order valence-electron chi connectivity index (χ3n) is 3.83. The summed E-state index contributed by atoms with van der Waals surface area (Å²) in [6.07, 6.45) is 5.95. The molecule has 2 heterocycles. The van der Waals surface area contributed by atoms with Crippen molar-refractivity contribution in [1.82, 2.24) is 15.2 Å². The molecule has 1 aromatic heterocycles. The molecule has 2 rings (SSSR count). The van der Waals surface area contributed by atoms with Crippen molar-refractivity contribution in [2.75, 3.05) is 26.2 Å². The van der Waals surface area contributed by atoms with Gasteiger partial charge in [-0.1, -0.05) is 13.0 Å². The van der Waals surface area contributed by atoms with E-state index in [1.165, 1.54) is 51.0 Å². The minimum Gasteiger partial charge on any atom is -0.316 e. The van der Waals surface area contributed by atoms with Crippen LogP contribution < -0.4 is 5.32 Å². The highest BCUT2D eigenvalue weighted by atomic mass is 15.1. The fraction of sp³-hybridized carbons (Fsp3) is 0.688. The largest absolute Gasteiger partial charge is 0.316 e. The molecule has 1 atom stereocenters. The first-order valence-electron chi connectivity index (χ1n) is 7.62. The SMILES string of the molecule is CCCN(Cc1ccc(C)nc1)CC1CCCNC1. The average molecular weight is 261 g/mol. The van der Waals surface area contributed by atoms with E-state index in [0.717, 1.165) is 18.2 Å². The van der Waals surface area contributed by atoms with Gasteiger partial charge in [0, 0.05) is 25.0 Å². The van der Waals surface area contributed by atoms with E-state index in [4.69, 9.17) is 0 Å². The van der Waals surface area contributed by atoms with Gasteiger partial charge in [-0.3, -0.25) is 9.88 Å². The van der Waals surface area contributed by atoms with Gasteiger partial charge in [0.05, 0.1) is 0 Å². The molecular formula is C16H27N3. The quantitative estimate of drug-likeness (QED) is 0.853. The Labute approximate surface area is 117 Å². The van der Waals surface area contributed by atoms with Gasteiger partial charge in [0.25, 0.3) is 0 Å². The number of aryl methyl sites for hydroxylation is 1. The van der Waals surface area contributed by atoms with Gasteiger partial charge >= 0.3 is 0 Å². The topological polar surface area (TPSA) is 28.2 Å². The Bertz CT molecular complexity index is 355. The second-order valence-electron chi connectivity index (χ2n) is 5.76. The summed E-state index contributed by atoms with van der Waals surface area (Å²) in [5.41, 5.74) is 2.44. The maximum Gasteiger partial charge on any atom is 0.0372 e. The van der Waals surface area contributed by atoms with Crippen LogP contribution in [0.4, 0.5) is 0 Å². The molecule has 0 radical (unpaired) electrons. The van der Waals surface area contributed by atoms with Crippen molar-refractivity contribution in [3.05, 3.63) is 29.6 Å². The summed E-state index contributed by atoms with van der Waals surface area (Å²) < 4.78 is 0. The summed E-state index contributed by atoms with van der Waals surface area (Å²) >= 11 is 0. The lowest BCUT2D eigenvalue weighted by atomic mass is 9.99. The number of hydrogen-bond donors (Lipinski definition) is 1. The van der Waals surface area contributed by atoms with E-state index < -0.39 is 0 Å². The molecule has 1 aliphatic heterocycles. The Kier molecular flexibility index (Phi) is 5.80. The predicted octanol–water partition coefficient (Wildman–Crippen LogP) is 2.60. The molecule has 1 aromatic rings. The lowest BCUT2D eigenvalue weighted by Crippen LogP contribution is -2.38. The summed E-state index contributed by atoms with van der Waals surface area (Å²) in [4.78, 5) is 6.99. The normalized spacial score (nSPS) is 19.8. The first-order valence-corrected chi connectivity index (χ1v) is 7.62. The molecule has 0 aliphatic carbocycles. The second kappa shape index (κ2) is 7.61. The van der Waals surface area contributed by atoms with Gasteiger partial charge in [-0.25, -0.2) is 0 Å². The number of rotatable bonds is 6. The first-order chi connectivity index (χ1) is 9.28. The molecule has 0 spiro atoms. The van der Waals surface area contributed by atoms with Crippen LogP contribution in [0.2, 0.25) is 0 Å². The highest BCUT2D eigenvalue weighted by molar-refractivity contribution is 5.12. The second-order valence-corrected chi connectivity index (χ2v) is 5.76. The molecular weight excluding hydrogens is 234 g/mol. The molecule has 3 heteroatoms. The smallest absolute Gasteiger partial charge is 0.0372 e. The summed E-state index contributed by atoms with van der Waals surface area (Å²) in [7, 11) is 0.